The zero-order valence-corrected chi connectivity index (χ0v) is 32.7. The van der Waals surface area contributed by atoms with Crippen molar-refractivity contribution in [2.75, 3.05) is 19.8 Å². The van der Waals surface area contributed by atoms with Crippen molar-refractivity contribution in [2.45, 2.75) is 89.3 Å². The largest absolute Gasteiger partial charge is 0.493 e. The first-order valence-corrected chi connectivity index (χ1v) is 19.4. The maximum absolute atomic E-state index is 13.7. The minimum Gasteiger partial charge on any atom is -0.493 e. The molecule has 0 bridgehead atoms. The number of aromatic nitrogens is 1. The van der Waals surface area contributed by atoms with Gasteiger partial charge in [-0.15, -0.1) is 5.06 Å². The topological polar surface area (TPSA) is 204 Å². The van der Waals surface area contributed by atoms with Crippen LogP contribution in [-0.2, 0) is 41.0 Å². The van der Waals surface area contributed by atoms with Crippen LogP contribution in [0.4, 0.5) is 9.59 Å². The Kier molecular flexibility index (Phi) is 14.3. The second-order valence-corrected chi connectivity index (χ2v) is 17.0. The van der Waals surface area contributed by atoms with Crippen molar-refractivity contribution in [2.24, 2.45) is 0 Å². The first-order chi connectivity index (χ1) is 24.6. The van der Waals surface area contributed by atoms with Gasteiger partial charge in [0.15, 0.2) is 0 Å². The Hall–Kier alpha value is -4.78. The number of hydrogen-bond donors (Lipinski definition) is 2. The quantitative estimate of drug-likeness (QED) is 0.0659. The van der Waals surface area contributed by atoms with E-state index in [0.29, 0.717) is 16.2 Å². The second kappa shape index (κ2) is 17.8. The van der Waals surface area contributed by atoms with Crippen molar-refractivity contribution in [3.05, 3.63) is 78.1 Å². The predicted octanol–water partition coefficient (Wildman–Crippen LogP) is 5.77. The third-order valence-electron chi connectivity index (χ3n) is 6.59. The summed E-state index contributed by atoms with van der Waals surface area (Å²) in [5.41, 5.74) is -0.528. The molecule has 53 heavy (non-hydrogen) atoms. The van der Waals surface area contributed by atoms with Crippen LogP contribution < -0.4 is 14.2 Å². The molecule has 16 nitrogen and oxygen atoms in total. The van der Waals surface area contributed by atoms with E-state index in [1.54, 1.807) is 73.6 Å². The minimum atomic E-state index is -4.66. The van der Waals surface area contributed by atoms with Crippen molar-refractivity contribution in [3.8, 4) is 11.5 Å². The van der Waals surface area contributed by atoms with Gasteiger partial charge in [0.1, 0.15) is 32.5 Å². The molecule has 0 aliphatic rings. The number of rotatable bonds is 14. The molecule has 3 rings (SSSR count). The Morgan fingerprint density at radius 2 is 1.45 bits per heavy atom. The predicted molar refractivity (Wildman–Crippen MR) is 194 cm³/mol. The number of benzene rings is 2. The number of hydroxylamine groups is 2. The van der Waals surface area contributed by atoms with Crippen LogP contribution >= 0.6 is 0 Å². The van der Waals surface area contributed by atoms with Gasteiger partial charge >= 0.3 is 22.3 Å². The maximum Gasteiger partial charge on any atom is 0.442 e. The molecule has 2 N–H and O–H groups in total. The normalized spacial score (nSPS) is 12.2. The van der Waals surface area contributed by atoms with Crippen molar-refractivity contribution in [1.29, 1.82) is 5.41 Å². The molecule has 1 aromatic heterocycles. The highest BCUT2D eigenvalue weighted by Gasteiger charge is 2.32. The molecule has 0 saturated heterocycles. The van der Waals surface area contributed by atoms with Gasteiger partial charge in [0.2, 0.25) is 16.0 Å². The number of sulfonamides is 1. The summed E-state index contributed by atoms with van der Waals surface area (Å²) < 4.78 is 77.5. The molecule has 18 heteroatoms. The van der Waals surface area contributed by atoms with Gasteiger partial charge in [0.05, 0.1) is 13.2 Å². The van der Waals surface area contributed by atoms with E-state index in [9.17, 15) is 26.4 Å². The third-order valence-corrected chi connectivity index (χ3v) is 10.0. The molecule has 3 aromatic rings. The monoisotopic (exact) mass is 777 g/mol. The molecular formula is C35H47N5O11S2. The van der Waals surface area contributed by atoms with E-state index < -0.39 is 59.3 Å². The first kappa shape index (κ1) is 42.6. The molecule has 0 spiro atoms. The summed E-state index contributed by atoms with van der Waals surface area (Å²) in [6, 6.07) is 13.0. The summed E-state index contributed by atoms with van der Waals surface area (Å²) in [4.78, 5) is 33.4. The number of amides is 2. The molecule has 0 aliphatic heterocycles. The van der Waals surface area contributed by atoms with Crippen LogP contribution in [0.2, 0.25) is 0 Å². The zero-order valence-electron chi connectivity index (χ0n) is 31.0. The smallest absolute Gasteiger partial charge is 0.442 e. The lowest BCUT2D eigenvalue weighted by Gasteiger charge is -2.27. The lowest BCUT2D eigenvalue weighted by molar-refractivity contribution is -0.104. The number of pyridine rings is 1. The van der Waals surface area contributed by atoms with Gasteiger partial charge in [0.25, 0.3) is 0 Å². The number of carbonyl (C=O) groups excluding carboxylic acids is 2. The molecule has 0 atom stereocenters. The molecule has 0 aliphatic carbocycles. The summed E-state index contributed by atoms with van der Waals surface area (Å²) in [5, 5.41) is 10.8. The number of alkyl carbamates (subject to hydrolysis) is 1. The van der Waals surface area contributed by atoms with Crippen molar-refractivity contribution in [3.63, 3.8) is 0 Å². The van der Waals surface area contributed by atoms with Gasteiger partial charge in [-0.1, -0.05) is 19.1 Å². The molecular weight excluding hydrogens is 731 g/mol. The van der Waals surface area contributed by atoms with Gasteiger partial charge in [-0.05, 0) is 96.0 Å². The molecule has 0 saturated carbocycles. The number of ether oxygens (including phenoxy) is 3. The van der Waals surface area contributed by atoms with E-state index in [4.69, 9.17) is 28.6 Å². The molecule has 0 fully saturated rings. The minimum absolute atomic E-state index is 0.00471. The fraction of sp³-hybridized carbons (Fsp3) is 0.429. The molecule has 1 heterocycles. The Morgan fingerprint density at radius 1 is 0.849 bits per heavy atom. The number of hydrogen-bond acceptors (Lipinski definition) is 13. The maximum atomic E-state index is 13.7. The Bertz CT molecular complexity index is 1960. The molecule has 0 unspecified atom stereocenters. The number of guanidine groups is 1. The van der Waals surface area contributed by atoms with Crippen LogP contribution in [0.1, 0.15) is 66.0 Å². The zero-order chi connectivity index (χ0) is 39.6. The summed E-state index contributed by atoms with van der Waals surface area (Å²) in [6.45, 7) is 13.1. The fourth-order valence-electron chi connectivity index (χ4n) is 4.45. The van der Waals surface area contributed by atoms with Gasteiger partial charge < -0.3 is 18.4 Å². The highest BCUT2D eigenvalue weighted by atomic mass is 32.2. The third kappa shape index (κ3) is 13.3. The number of aryl methyl sites for hydroxylation is 1. The number of nitrogens with zero attached hydrogens (tertiary/aromatic N) is 3. The van der Waals surface area contributed by atoms with Crippen LogP contribution in [0.25, 0.3) is 0 Å². The molecule has 290 valence electrons. The highest BCUT2D eigenvalue weighted by molar-refractivity contribution is 7.91. The molecule has 2 amide bonds. The first-order valence-electron chi connectivity index (χ1n) is 16.5. The number of carbonyl (C=O) groups is 2. The SMILES string of the molecule is CCN(Cc1ccncc1)S(=O)(=O)c1ccccc1S(=O)(=O)Oc1cc(C)cc(OCCCON(C(=N)NC(=O)OC(C)(C)C)C(=O)OC(C)(C)C)c1. The van der Waals surface area contributed by atoms with E-state index in [1.165, 1.54) is 48.8 Å². The lowest BCUT2D eigenvalue weighted by Crippen LogP contribution is -2.49. The van der Waals surface area contributed by atoms with Crippen molar-refractivity contribution >= 4 is 38.3 Å². The van der Waals surface area contributed by atoms with Crippen molar-refractivity contribution < 1.29 is 49.7 Å². The van der Waals surface area contributed by atoms with Crippen LogP contribution in [0.5, 0.6) is 11.5 Å². The molecule has 2 aromatic carbocycles. The molecule has 0 radical (unpaired) electrons. The van der Waals surface area contributed by atoms with Crippen LogP contribution in [0.3, 0.4) is 0 Å². The van der Waals surface area contributed by atoms with Crippen molar-refractivity contribution in [1.82, 2.24) is 19.7 Å². The van der Waals surface area contributed by atoms with Gasteiger partial charge in [-0.2, -0.15) is 12.7 Å². The standard InChI is InChI=1S/C35H47N5O11S2/c1-9-39(24-26-15-17-37-18-16-26)52(43,44)29-13-10-11-14-30(29)53(45,46)51-28-22-25(2)21-27(23-28)47-19-12-20-48-40(33(42)50-35(6,7)8)31(36)38-32(41)49-34(3,4)5/h10-11,13-18,21-23H,9,12,19-20,24H2,1-8H3,(H2,36,38,41). The summed E-state index contributed by atoms with van der Waals surface area (Å²) in [6.07, 6.45) is 1.22. The van der Waals surface area contributed by atoms with E-state index in [2.05, 4.69) is 10.3 Å². The van der Waals surface area contributed by atoms with E-state index in [1.807, 2.05) is 0 Å². The van der Waals surface area contributed by atoms with E-state index in [0.717, 1.165) is 4.31 Å². The van der Waals surface area contributed by atoms with Crippen LogP contribution in [-0.4, -0.2) is 80.3 Å². The summed E-state index contributed by atoms with van der Waals surface area (Å²) in [7, 11) is -8.95. The average molecular weight is 778 g/mol. The fourth-order valence-corrected chi connectivity index (χ4v) is 7.58. The average Bonchev–Trinajstić information content (AvgIpc) is 3.03. The van der Waals surface area contributed by atoms with E-state index in [-0.39, 0.29) is 44.2 Å². The van der Waals surface area contributed by atoms with Crippen LogP contribution in [0.15, 0.2) is 76.8 Å². The second-order valence-electron chi connectivity index (χ2n) is 13.5. The summed E-state index contributed by atoms with van der Waals surface area (Å²) >= 11 is 0. The summed E-state index contributed by atoms with van der Waals surface area (Å²) in [5.74, 6) is -0.624. The lowest BCUT2D eigenvalue weighted by atomic mass is 10.2. The Balaban J connectivity index is 1.70. The highest BCUT2D eigenvalue weighted by Crippen LogP contribution is 2.30. The Morgan fingerprint density at radius 3 is 2.06 bits per heavy atom. The Labute approximate surface area is 311 Å². The van der Waals surface area contributed by atoms with Gasteiger partial charge in [0, 0.05) is 38.0 Å². The van der Waals surface area contributed by atoms with Crippen LogP contribution in [0, 0.1) is 12.3 Å². The van der Waals surface area contributed by atoms with Gasteiger partial charge in [-0.3, -0.25) is 20.5 Å². The van der Waals surface area contributed by atoms with Gasteiger partial charge in [-0.25, -0.2) is 18.0 Å². The van der Waals surface area contributed by atoms with E-state index >= 15 is 0 Å². The number of nitrogens with one attached hydrogen (secondary N) is 2.